The first-order valence-electron chi connectivity index (χ1n) is 5.41. The summed E-state index contributed by atoms with van der Waals surface area (Å²) in [5.74, 6) is 0.786. The highest BCUT2D eigenvalue weighted by Gasteiger charge is 2.40. The van der Waals surface area contributed by atoms with Crippen molar-refractivity contribution in [3.8, 4) is 0 Å². The Morgan fingerprint density at radius 3 is 2.88 bits per heavy atom. The van der Waals surface area contributed by atoms with Crippen molar-refractivity contribution in [2.75, 3.05) is 6.54 Å². The normalized spacial score (nSPS) is 22.9. The SMILES string of the molecule is Cc1ccccc1[C@@H]1C[C@H]1CN(O)C(N)=O. The molecule has 1 aromatic rings. The Bertz CT molecular complexity index is 406. The second-order valence-electron chi connectivity index (χ2n) is 4.38. The minimum Gasteiger partial charge on any atom is -0.350 e. The van der Waals surface area contributed by atoms with Gasteiger partial charge in [-0.05, 0) is 36.3 Å². The second-order valence-corrected chi connectivity index (χ2v) is 4.38. The molecule has 0 spiro atoms. The number of nitrogens with two attached hydrogens (primary N) is 1. The highest BCUT2D eigenvalue weighted by Crippen LogP contribution is 2.48. The van der Waals surface area contributed by atoms with E-state index in [2.05, 4.69) is 19.1 Å². The Morgan fingerprint density at radius 1 is 1.56 bits per heavy atom. The zero-order valence-corrected chi connectivity index (χ0v) is 9.26. The van der Waals surface area contributed by atoms with Gasteiger partial charge in [0.2, 0.25) is 0 Å². The molecule has 1 aliphatic carbocycles. The van der Waals surface area contributed by atoms with Gasteiger partial charge in [-0.3, -0.25) is 5.21 Å². The summed E-state index contributed by atoms with van der Waals surface area (Å²) in [5.41, 5.74) is 7.54. The average Bonchev–Trinajstić information content (AvgIpc) is 2.97. The van der Waals surface area contributed by atoms with E-state index < -0.39 is 6.03 Å². The third-order valence-corrected chi connectivity index (χ3v) is 3.17. The topological polar surface area (TPSA) is 66.6 Å². The molecule has 4 nitrogen and oxygen atoms in total. The van der Waals surface area contributed by atoms with Crippen molar-refractivity contribution in [1.29, 1.82) is 0 Å². The summed E-state index contributed by atoms with van der Waals surface area (Å²) in [5, 5.41) is 9.83. The lowest BCUT2D eigenvalue weighted by Gasteiger charge is -2.11. The molecule has 0 radical (unpaired) electrons. The largest absolute Gasteiger partial charge is 0.350 e. The monoisotopic (exact) mass is 220 g/mol. The Morgan fingerprint density at radius 2 is 2.25 bits per heavy atom. The van der Waals surface area contributed by atoms with Crippen LogP contribution in [0, 0.1) is 12.8 Å². The van der Waals surface area contributed by atoms with Crippen molar-refractivity contribution in [2.24, 2.45) is 11.7 Å². The molecule has 16 heavy (non-hydrogen) atoms. The maximum atomic E-state index is 10.7. The van der Waals surface area contributed by atoms with Gasteiger partial charge in [0.05, 0.1) is 6.54 Å². The number of hydrogen-bond donors (Lipinski definition) is 2. The van der Waals surface area contributed by atoms with E-state index >= 15 is 0 Å². The van der Waals surface area contributed by atoms with E-state index in [-0.39, 0.29) is 0 Å². The fourth-order valence-corrected chi connectivity index (χ4v) is 2.15. The molecule has 0 saturated heterocycles. The molecular formula is C12H16N2O2. The molecule has 4 heteroatoms. The smallest absolute Gasteiger partial charge is 0.338 e. The highest BCUT2D eigenvalue weighted by molar-refractivity contribution is 5.70. The number of rotatable bonds is 3. The molecule has 1 aromatic carbocycles. The quantitative estimate of drug-likeness (QED) is 0.603. The highest BCUT2D eigenvalue weighted by atomic mass is 16.5. The van der Waals surface area contributed by atoms with E-state index in [4.69, 9.17) is 5.73 Å². The van der Waals surface area contributed by atoms with Gasteiger partial charge in [0.15, 0.2) is 0 Å². The van der Waals surface area contributed by atoms with E-state index in [1.807, 2.05) is 12.1 Å². The van der Waals surface area contributed by atoms with Gasteiger partial charge in [0.25, 0.3) is 0 Å². The summed E-state index contributed by atoms with van der Waals surface area (Å²) in [7, 11) is 0. The van der Waals surface area contributed by atoms with Crippen molar-refractivity contribution >= 4 is 6.03 Å². The molecule has 0 bridgehead atoms. The number of benzene rings is 1. The van der Waals surface area contributed by atoms with Gasteiger partial charge >= 0.3 is 6.03 Å². The van der Waals surface area contributed by atoms with Crippen LogP contribution in [-0.2, 0) is 0 Å². The average molecular weight is 220 g/mol. The molecule has 0 unspecified atom stereocenters. The predicted octanol–water partition coefficient (Wildman–Crippen LogP) is 1.87. The summed E-state index contributed by atoms with van der Waals surface area (Å²) in [6.45, 7) is 2.41. The molecule has 1 fully saturated rings. The molecule has 2 atom stereocenters. The van der Waals surface area contributed by atoms with Crippen LogP contribution in [0.4, 0.5) is 4.79 Å². The lowest BCUT2D eigenvalue weighted by atomic mass is 10.0. The number of hydroxylamine groups is 2. The number of urea groups is 1. The molecule has 2 amide bonds. The zero-order valence-electron chi connectivity index (χ0n) is 9.26. The third kappa shape index (κ3) is 2.17. The van der Waals surface area contributed by atoms with Gasteiger partial charge in [-0.25, -0.2) is 9.86 Å². The van der Waals surface area contributed by atoms with Crippen LogP contribution in [0.15, 0.2) is 24.3 Å². The first-order valence-corrected chi connectivity index (χ1v) is 5.41. The summed E-state index contributed by atoms with van der Waals surface area (Å²) < 4.78 is 0. The summed E-state index contributed by atoms with van der Waals surface area (Å²) in [4.78, 5) is 10.7. The fourth-order valence-electron chi connectivity index (χ4n) is 2.15. The summed E-state index contributed by atoms with van der Waals surface area (Å²) in [6.07, 6.45) is 1.01. The van der Waals surface area contributed by atoms with E-state index in [0.717, 1.165) is 6.42 Å². The van der Waals surface area contributed by atoms with Crippen LogP contribution in [0.2, 0.25) is 0 Å². The third-order valence-electron chi connectivity index (χ3n) is 3.17. The molecule has 0 aromatic heterocycles. The minimum absolute atomic E-state index is 0.328. The first-order chi connectivity index (χ1) is 7.59. The molecule has 1 saturated carbocycles. The van der Waals surface area contributed by atoms with Crippen LogP contribution < -0.4 is 5.73 Å². The number of nitrogens with zero attached hydrogens (tertiary/aromatic N) is 1. The predicted molar refractivity (Wildman–Crippen MR) is 60.1 cm³/mol. The standard InChI is InChI=1S/C12H16N2O2/c1-8-4-2-3-5-10(8)11-6-9(11)7-14(16)12(13)15/h2-5,9,11,16H,6-7H2,1H3,(H2,13,15)/t9-,11+/m0/s1. The van der Waals surface area contributed by atoms with Crippen molar-refractivity contribution in [3.63, 3.8) is 0 Å². The van der Waals surface area contributed by atoms with Crippen molar-refractivity contribution in [1.82, 2.24) is 5.06 Å². The number of primary amides is 1. The number of carbonyl (C=O) groups is 1. The van der Waals surface area contributed by atoms with Crippen LogP contribution in [-0.4, -0.2) is 22.8 Å². The summed E-state index contributed by atoms with van der Waals surface area (Å²) >= 11 is 0. The van der Waals surface area contributed by atoms with Crippen LogP contribution in [0.5, 0.6) is 0 Å². The van der Waals surface area contributed by atoms with E-state index in [1.54, 1.807) is 0 Å². The van der Waals surface area contributed by atoms with Gasteiger partial charge in [-0.1, -0.05) is 24.3 Å². The Labute approximate surface area is 94.6 Å². The van der Waals surface area contributed by atoms with E-state index in [0.29, 0.717) is 23.4 Å². The summed E-state index contributed by atoms with van der Waals surface area (Å²) in [6, 6.07) is 7.43. The number of hydrogen-bond acceptors (Lipinski definition) is 2. The Kier molecular flexibility index (Phi) is 2.83. The van der Waals surface area contributed by atoms with Gasteiger partial charge in [-0.2, -0.15) is 0 Å². The molecule has 2 rings (SSSR count). The van der Waals surface area contributed by atoms with Gasteiger partial charge in [0.1, 0.15) is 0 Å². The van der Waals surface area contributed by atoms with E-state index in [9.17, 15) is 10.0 Å². The second kappa shape index (κ2) is 4.14. The lowest BCUT2D eigenvalue weighted by molar-refractivity contribution is -0.0431. The first kappa shape index (κ1) is 11.0. The van der Waals surface area contributed by atoms with Gasteiger partial charge in [0, 0.05) is 0 Å². The van der Waals surface area contributed by atoms with Crippen LogP contribution in [0.3, 0.4) is 0 Å². The molecule has 0 heterocycles. The maximum absolute atomic E-state index is 10.7. The van der Waals surface area contributed by atoms with Crippen molar-refractivity contribution in [2.45, 2.75) is 19.3 Å². The molecule has 0 aliphatic heterocycles. The number of carbonyl (C=O) groups excluding carboxylic acids is 1. The molecule has 3 N–H and O–H groups in total. The van der Waals surface area contributed by atoms with Gasteiger partial charge < -0.3 is 5.73 Å². The molecule has 1 aliphatic rings. The zero-order chi connectivity index (χ0) is 11.7. The van der Waals surface area contributed by atoms with Crippen molar-refractivity contribution < 1.29 is 10.0 Å². The van der Waals surface area contributed by atoms with Crippen molar-refractivity contribution in [3.05, 3.63) is 35.4 Å². The number of amides is 2. The fraction of sp³-hybridized carbons (Fsp3) is 0.417. The Hall–Kier alpha value is -1.55. The minimum atomic E-state index is -0.782. The Balaban J connectivity index is 1.97. The van der Waals surface area contributed by atoms with E-state index in [1.165, 1.54) is 11.1 Å². The maximum Gasteiger partial charge on any atom is 0.338 e. The van der Waals surface area contributed by atoms with Gasteiger partial charge in [-0.15, -0.1) is 0 Å². The number of aryl methyl sites for hydroxylation is 1. The van der Waals surface area contributed by atoms with Crippen LogP contribution >= 0.6 is 0 Å². The lowest BCUT2D eigenvalue weighted by Crippen LogP contribution is -2.34. The molecular weight excluding hydrogens is 204 g/mol. The van der Waals surface area contributed by atoms with Crippen LogP contribution in [0.1, 0.15) is 23.5 Å². The van der Waals surface area contributed by atoms with Crippen LogP contribution in [0.25, 0.3) is 0 Å². The molecule has 86 valence electrons.